The van der Waals surface area contributed by atoms with Gasteiger partial charge in [-0.05, 0) is 42.4 Å². The highest BCUT2D eigenvalue weighted by Gasteiger charge is 2.17. The second-order valence-electron chi connectivity index (χ2n) is 4.11. The first-order valence-corrected chi connectivity index (χ1v) is 8.35. The van der Waals surface area contributed by atoms with Gasteiger partial charge >= 0.3 is 0 Å². The summed E-state index contributed by atoms with van der Waals surface area (Å²) in [6.45, 7) is 0.671. The van der Waals surface area contributed by atoms with Crippen LogP contribution in [-0.4, -0.2) is 34.4 Å². The minimum absolute atomic E-state index is 0.296. The highest BCUT2D eigenvalue weighted by molar-refractivity contribution is 7.99. The summed E-state index contributed by atoms with van der Waals surface area (Å²) in [5, 5.41) is 0. The SMILES string of the molecule is COCCNS(=O)(=O)c1ccc2c(c1)CCCS2. The fourth-order valence-corrected chi connectivity index (χ4v) is 3.95. The first kappa shape index (κ1) is 13.9. The average molecular weight is 287 g/mol. The maximum Gasteiger partial charge on any atom is 0.240 e. The van der Waals surface area contributed by atoms with Gasteiger partial charge < -0.3 is 4.74 Å². The number of nitrogens with one attached hydrogen (secondary N) is 1. The Morgan fingerprint density at radius 2 is 2.28 bits per heavy atom. The van der Waals surface area contributed by atoms with Crippen molar-refractivity contribution in [3.05, 3.63) is 23.8 Å². The Kier molecular flexibility index (Phi) is 4.66. The van der Waals surface area contributed by atoms with Gasteiger partial charge in [0.25, 0.3) is 0 Å². The zero-order chi connectivity index (χ0) is 13.0. The molecular weight excluding hydrogens is 270 g/mol. The van der Waals surface area contributed by atoms with E-state index in [1.165, 1.54) is 4.90 Å². The van der Waals surface area contributed by atoms with Gasteiger partial charge in [-0.15, -0.1) is 11.8 Å². The summed E-state index contributed by atoms with van der Waals surface area (Å²) in [6.07, 6.45) is 2.07. The van der Waals surface area contributed by atoms with Crippen molar-refractivity contribution in [1.82, 2.24) is 4.72 Å². The molecule has 2 rings (SSSR count). The van der Waals surface area contributed by atoms with Crippen molar-refractivity contribution in [2.75, 3.05) is 26.0 Å². The van der Waals surface area contributed by atoms with E-state index >= 15 is 0 Å². The molecular formula is C12H17NO3S2. The van der Waals surface area contributed by atoms with Gasteiger partial charge in [0.15, 0.2) is 0 Å². The summed E-state index contributed by atoms with van der Waals surface area (Å²) in [6, 6.07) is 5.37. The molecule has 6 heteroatoms. The van der Waals surface area contributed by atoms with Gasteiger partial charge in [0, 0.05) is 18.6 Å². The number of sulfonamides is 1. The molecule has 0 aromatic heterocycles. The molecule has 0 aliphatic carbocycles. The quantitative estimate of drug-likeness (QED) is 0.837. The summed E-state index contributed by atoms with van der Waals surface area (Å²) in [5.74, 6) is 1.12. The van der Waals surface area contributed by atoms with E-state index in [1.54, 1.807) is 31.0 Å². The summed E-state index contributed by atoms with van der Waals surface area (Å²) in [7, 11) is -1.86. The number of benzene rings is 1. The Labute approximate surface area is 112 Å². The summed E-state index contributed by atoms with van der Waals surface area (Å²) < 4.78 is 31.4. The zero-order valence-corrected chi connectivity index (χ0v) is 11.9. The van der Waals surface area contributed by atoms with Crippen molar-refractivity contribution in [3.63, 3.8) is 0 Å². The van der Waals surface area contributed by atoms with Gasteiger partial charge in [-0.2, -0.15) is 0 Å². The monoisotopic (exact) mass is 287 g/mol. The van der Waals surface area contributed by atoms with Gasteiger partial charge in [0.2, 0.25) is 10.0 Å². The Balaban J connectivity index is 2.17. The Bertz CT molecular complexity index is 514. The van der Waals surface area contributed by atoms with Gasteiger partial charge in [-0.25, -0.2) is 13.1 Å². The molecule has 0 saturated heterocycles. The lowest BCUT2D eigenvalue weighted by atomic mass is 10.1. The minimum Gasteiger partial charge on any atom is -0.383 e. The van der Waals surface area contributed by atoms with E-state index < -0.39 is 10.0 Å². The van der Waals surface area contributed by atoms with Gasteiger partial charge in [-0.3, -0.25) is 0 Å². The third-order valence-electron chi connectivity index (χ3n) is 2.79. The predicted octanol–water partition coefficient (Wildman–Crippen LogP) is 1.65. The lowest BCUT2D eigenvalue weighted by Gasteiger charge is -2.16. The van der Waals surface area contributed by atoms with E-state index in [-0.39, 0.29) is 0 Å². The van der Waals surface area contributed by atoms with Crippen molar-refractivity contribution in [1.29, 1.82) is 0 Å². The number of aryl methyl sites for hydroxylation is 1. The van der Waals surface area contributed by atoms with E-state index in [9.17, 15) is 8.42 Å². The van der Waals surface area contributed by atoms with E-state index in [0.29, 0.717) is 18.0 Å². The van der Waals surface area contributed by atoms with Crippen LogP contribution in [0, 0.1) is 0 Å². The van der Waals surface area contributed by atoms with Crippen LogP contribution in [0.2, 0.25) is 0 Å². The van der Waals surface area contributed by atoms with Crippen molar-refractivity contribution in [3.8, 4) is 0 Å². The molecule has 1 aromatic carbocycles. The summed E-state index contributed by atoms with van der Waals surface area (Å²) in [5.41, 5.74) is 1.14. The molecule has 0 unspecified atom stereocenters. The number of hydrogen-bond donors (Lipinski definition) is 1. The van der Waals surface area contributed by atoms with E-state index in [0.717, 1.165) is 24.2 Å². The van der Waals surface area contributed by atoms with Crippen LogP contribution in [-0.2, 0) is 21.2 Å². The molecule has 1 N–H and O–H groups in total. The van der Waals surface area contributed by atoms with Gasteiger partial charge in [0.05, 0.1) is 11.5 Å². The van der Waals surface area contributed by atoms with E-state index in [1.807, 2.05) is 6.07 Å². The predicted molar refractivity (Wildman–Crippen MR) is 72.6 cm³/mol. The average Bonchev–Trinajstić information content (AvgIpc) is 2.38. The van der Waals surface area contributed by atoms with E-state index in [4.69, 9.17) is 4.74 Å². The van der Waals surface area contributed by atoms with Gasteiger partial charge in [-0.1, -0.05) is 0 Å². The van der Waals surface area contributed by atoms with Crippen molar-refractivity contribution in [2.24, 2.45) is 0 Å². The fraction of sp³-hybridized carbons (Fsp3) is 0.500. The molecule has 100 valence electrons. The molecule has 1 aliphatic rings. The second-order valence-corrected chi connectivity index (χ2v) is 7.02. The molecule has 0 radical (unpaired) electrons. The van der Waals surface area contributed by atoms with Crippen molar-refractivity contribution < 1.29 is 13.2 Å². The molecule has 1 aliphatic heterocycles. The third kappa shape index (κ3) is 3.26. The summed E-state index contributed by atoms with van der Waals surface area (Å²) in [4.78, 5) is 1.55. The standard InChI is InChI=1S/C12H17NO3S2/c1-16-7-6-13-18(14,15)11-4-5-12-10(9-11)3-2-8-17-12/h4-5,9,13H,2-3,6-8H2,1H3. The molecule has 0 bridgehead atoms. The lowest BCUT2D eigenvalue weighted by Crippen LogP contribution is -2.27. The lowest BCUT2D eigenvalue weighted by molar-refractivity contribution is 0.204. The maximum atomic E-state index is 12.0. The van der Waals surface area contributed by atoms with Gasteiger partial charge in [0.1, 0.15) is 0 Å². The number of rotatable bonds is 5. The summed E-state index contributed by atoms with van der Waals surface area (Å²) >= 11 is 1.79. The molecule has 1 heterocycles. The highest BCUT2D eigenvalue weighted by Crippen LogP contribution is 2.31. The van der Waals surface area contributed by atoms with Crippen LogP contribution in [0.25, 0.3) is 0 Å². The Morgan fingerprint density at radius 1 is 1.44 bits per heavy atom. The van der Waals surface area contributed by atoms with Crippen LogP contribution in [0.4, 0.5) is 0 Å². The maximum absolute atomic E-state index is 12.0. The number of fused-ring (bicyclic) bond motifs is 1. The molecule has 4 nitrogen and oxygen atoms in total. The van der Waals surface area contributed by atoms with Crippen LogP contribution in [0.15, 0.2) is 28.0 Å². The van der Waals surface area contributed by atoms with Crippen molar-refractivity contribution >= 4 is 21.8 Å². The minimum atomic E-state index is -3.41. The van der Waals surface area contributed by atoms with E-state index in [2.05, 4.69) is 4.72 Å². The second kappa shape index (κ2) is 6.06. The number of hydrogen-bond acceptors (Lipinski definition) is 4. The Morgan fingerprint density at radius 3 is 3.06 bits per heavy atom. The topological polar surface area (TPSA) is 55.4 Å². The normalized spacial score (nSPS) is 15.4. The zero-order valence-electron chi connectivity index (χ0n) is 10.3. The van der Waals surface area contributed by atoms with Crippen LogP contribution in [0.1, 0.15) is 12.0 Å². The third-order valence-corrected chi connectivity index (χ3v) is 5.45. The number of thioether (sulfide) groups is 1. The molecule has 0 atom stereocenters. The van der Waals surface area contributed by atoms with Crippen molar-refractivity contribution in [2.45, 2.75) is 22.6 Å². The van der Waals surface area contributed by atoms with Crippen LogP contribution >= 0.6 is 11.8 Å². The molecule has 1 aromatic rings. The van der Waals surface area contributed by atoms with Crippen LogP contribution < -0.4 is 4.72 Å². The highest BCUT2D eigenvalue weighted by atomic mass is 32.2. The Hall–Kier alpha value is -0.560. The molecule has 0 amide bonds. The first-order valence-electron chi connectivity index (χ1n) is 5.88. The smallest absolute Gasteiger partial charge is 0.240 e. The van der Waals surface area contributed by atoms with Crippen LogP contribution in [0.5, 0.6) is 0 Å². The molecule has 0 saturated carbocycles. The first-order chi connectivity index (χ1) is 8.63. The number of methoxy groups -OCH3 is 1. The number of ether oxygens (including phenoxy) is 1. The molecule has 18 heavy (non-hydrogen) atoms. The largest absolute Gasteiger partial charge is 0.383 e. The molecule has 0 fully saturated rings. The fourth-order valence-electron chi connectivity index (χ4n) is 1.87. The van der Waals surface area contributed by atoms with Crippen LogP contribution in [0.3, 0.4) is 0 Å². The molecule has 0 spiro atoms.